The summed E-state index contributed by atoms with van der Waals surface area (Å²) >= 11 is 0. The van der Waals surface area contributed by atoms with Crippen LogP contribution in [0.15, 0.2) is 27.6 Å². The maximum absolute atomic E-state index is 10.4. The van der Waals surface area contributed by atoms with Crippen molar-refractivity contribution in [3.63, 3.8) is 0 Å². The van der Waals surface area contributed by atoms with Crippen LogP contribution in [0.25, 0.3) is 0 Å². The molecule has 9 heavy (non-hydrogen) atoms. The van der Waals surface area contributed by atoms with Gasteiger partial charge in [0.05, 0.1) is 6.26 Å². The van der Waals surface area contributed by atoms with Crippen LogP contribution in [0.2, 0.25) is 0 Å². The van der Waals surface area contributed by atoms with Gasteiger partial charge in [-0.25, -0.2) is 10.1 Å². The molecule has 0 saturated carbocycles. The molecule has 48 valence electrons. The van der Waals surface area contributed by atoms with Gasteiger partial charge >= 0.3 is 5.63 Å². The van der Waals surface area contributed by atoms with E-state index in [0.717, 1.165) is 0 Å². The molecule has 1 N–H and O–H groups in total. The smallest absolute Gasteiger partial charge is 0.382 e. The maximum atomic E-state index is 10.4. The normalized spacial score (nSPS) is 9.00. The Morgan fingerprint density at radius 2 is 2.44 bits per heavy atom. The average Bonchev–Trinajstić information content (AvgIpc) is 1.89. The lowest BCUT2D eigenvalue weighted by atomic mass is 10.5. The fourth-order valence-electron chi connectivity index (χ4n) is 0.422. The van der Waals surface area contributed by atoms with Gasteiger partial charge in [-0.1, -0.05) is 0 Å². The van der Waals surface area contributed by atoms with Gasteiger partial charge in [-0.05, 0) is 12.1 Å². The molecular weight excluding hydrogens is 124 g/mol. The maximum Gasteiger partial charge on any atom is 0.382 e. The van der Waals surface area contributed by atoms with Gasteiger partial charge in [0, 0.05) is 0 Å². The van der Waals surface area contributed by atoms with Crippen LogP contribution in [-0.2, 0) is 0 Å². The Morgan fingerprint density at radius 3 is 2.89 bits per heavy atom. The standard InChI is InChI=1S/C5H4O4/c6-5-4(9-7)2-1-3-8-5/h1-3,7H. The van der Waals surface area contributed by atoms with E-state index in [9.17, 15) is 4.79 Å². The minimum Gasteiger partial charge on any atom is -0.429 e. The number of hydrogen-bond donors (Lipinski definition) is 1. The van der Waals surface area contributed by atoms with Crippen LogP contribution in [0, 0.1) is 0 Å². The molecule has 1 heterocycles. The van der Waals surface area contributed by atoms with Crippen LogP contribution >= 0.6 is 0 Å². The second-order valence-corrected chi connectivity index (χ2v) is 1.36. The summed E-state index contributed by atoms with van der Waals surface area (Å²) < 4.78 is 4.31. The SMILES string of the molecule is O=c1occcc1OO. The van der Waals surface area contributed by atoms with E-state index in [2.05, 4.69) is 9.30 Å². The summed E-state index contributed by atoms with van der Waals surface area (Å²) in [5, 5.41) is 7.96. The van der Waals surface area contributed by atoms with Crippen molar-refractivity contribution in [3.05, 3.63) is 28.8 Å². The molecule has 1 rings (SSSR count). The van der Waals surface area contributed by atoms with Crippen molar-refractivity contribution in [3.8, 4) is 5.75 Å². The van der Waals surface area contributed by atoms with Gasteiger partial charge in [-0.3, -0.25) is 0 Å². The zero-order valence-electron chi connectivity index (χ0n) is 4.40. The van der Waals surface area contributed by atoms with E-state index in [-0.39, 0.29) is 5.75 Å². The molecule has 0 unspecified atom stereocenters. The molecule has 4 heteroatoms. The topological polar surface area (TPSA) is 59.7 Å². The van der Waals surface area contributed by atoms with Crippen molar-refractivity contribution in [1.82, 2.24) is 0 Å². The third-order valence-electron chi connectivity index (χ3n) is 0.801. The fraction of sp³-hybridized carbons (Fsp3) is 0. The monoisotopic (exact) mass is 128 g/mol. The molecule has 0 bridgehead atoms. The van der Waals surface area contributed by atoms with Crippen molar-refractivity contribution in [1.29, 1.82) is 0 Å². The van der Waals surface area contributed by atoms with E-state index in [1.165, 1.54) is 18.4 Å². The molecule has 0 aliphatic rings. The van der Waals surface area contributed by atoms with Crippen molar-refractivity contribution in [2.24, 2.45) is 0 Å². The molecular formula is C5H4O4. The first-order chi connectivity index (χ1) is 4.34. The third-order valence-corrected chi connectivity index (χ3v) is 0.801. The first-order valence-electron chi connectivity index (χ1n) is 2.24. The van der Waals surface area contributed by atoms with E-state index < -0.39 is 5.63 Å². The molecule has 0 spiro atoms. The minimum atomic E-state index is -0.694. The summed E-state index contributed by atoms with van der Waals surface area (Å²) in [6, 6.07) is 2.73. The summed E-state index contributed by atoms with van der Waals surface area (Å²) in [5.74, 6) is -0.211. The summed E-state index contributed by atoms with van der Waals surface area (Å²) in [6.07, 6.45) is 1.20. The Morgan fingerprint density at radius 1 is 1.67 bits per heavy atom. The molecule has 0 aliphatic carbocycles. The average molecular weight is 128 g/mol. The lowest BCUT2D eigenvalue weighted by Gasteiger charge is -1.88. The largest absolute Gasteiger partial charge is 0.429 e. The van der Waals surface area contributed by atoms with Crippen LogP contribution in [0.4, 0.5) is 0 Å². The molecule has 0 aromatic carbocycles. The van der Waals surface area contributed by atoms with Crippen LogP contribution in [0.1, 0.15) is 0 Å². The highest BCUT2D eigenvalue weighted by atomic mass is 17.1. The highest BCUT2D eigenvalue weighted by Crippen LogP contribution is 1.97. The highest BCUT2D eigenvalue weighted by molar-refractivity contribution is 5.12. The molecule has 0 radical (unpaired) electrons. The number of rotatable bonds is 1. The Balaban J connectivity index is 3.16. The quantitative estimate of drug-likeness (QED) is 0.441. The molecule has 0 fully saturated rings. The Labute approximate surface area is 50.2 Å². The van der Waals surface area contributed by atoms with Crippen molar-refractivity contribution in [2.45, 2.75) is 0 Å². The molecule has 0 aliphatic heterocycles. The summed E-state index contributed by atoms with van der Waals surface area (Å²) in [4.78, 5) is 14.0. The summed E-state index contributed by atoms with van der Waals surface area (Å²) in [7, 11) is 0. The second-order valence-electron chi connectivity index (χ2n) is 1.36. The van der Waals surface area contributed by atoms with Crippen LogP contribution in [-0.4, -0.2) is 5.26 Å². The van der Waals surface area contributed by atoms with Gasteiger partial charge in [0.2, 0.25) is 5.75 Å². The van der Waals surface area contributed by atoms with Crippen LogP contribution in [0.5, 0.6) is 5.75 Å². The lowest BCUT2D eigenvalue weighted by Crippen LogP contribution is -2.01. The second kappa shape index (κ2) is 2.32. The first-order valence-corrected chi connectivity index (χ1v) is 2.24. The predicted octanol–water partition coefficient (Wildman–Crippen LogP) is 0.492. The van der Waals surface area contributed by atoms with Gasteiger partial charge in [0.1, 0.15) is 0 Å². The summed E-state index contributed by atoms with van der Waals surface area (Å²) in [5.41, 5.74) is -0.694. The summed E-state index contributed by atoms with van der Waals surface area (Å²) in [6.45, 7) is 0. The predicted molar refractivity (Wildman–Crippen MR) is 28.2 cm³/mol. The Kier molecular flexibility index (Phi) is 1.51. The van der Waals surface area contributed by atoms with Crippen molar-refractivity contribution < 1.29 is 14.6 Å². The van der Waals surface area contributed by atoms with E-state index >= 15 is 0 Å². The van der Waals surface area contributed by atoms with Gasteiger partial charge < -0.3 is 9.30 Å². The lowest BCUT2D eigenvalue weighted by molar-refractivity contribution is -0.140. The van der Waals surface area contributed by atoms with E-state index in [0.29, 0.717) is 0 Å². The van der Waals surface area contributed by atoms with Crippen molar-refractivity contribution >= 4 is 0 Å². The molecule has 0 amide bonds. The Bertz CT molecular complexity index is 239. The van der Waals surface area contributed by atoms with Gasteiger partial charge in [0.25, 0.3) is 0 Å². The first kappa shape index (κ1) is 5.84. The molecule has 4 nitrogen and oxygen atoms in total. The van der Waals surface area contributed by atoms with Crippen LogP contribution in [0.3, 0.4) is 0 Å². The van der Waals surface area contributed by atoms with E-state index in [4.69, 9.17) is 5.26 Å². The van der Waals surface area contributed by atoms with Gasteiger partial charge in [-0.2, -0.15) is 0 Å². The molecule has 1 aromatic heterocycles. The van der Waals surface area contributed by atoms with Gasteiger partial charge in [0.15, 0.2) is 0 Å². The highest BCUT2D eigenvalue weighted by Gasteiger charge is 1.96. The zero-order valence-corrected chi connectivity index (χ0v) is 4.40. The molecule has 0 saturated heterocycles. The number of hydrogen-bond acceptors (Lipinski definition) is 4. The minimum absolute atomic E-state index is 0.211. The zero-order chi connectivity index (χ0) is 6.69. The van der Waals surface area contributed by atoms with Crippen molar-refractivity contribution in [2.75, 3.05) is 0 Å². The third kappa shape index (κ3) is 1.09. The van der Waals surface area contributed by atoms with Gasteiger partial charge in [-0.15, -0.1) is 0 Å². The molecule has 0 atom stereocenters. The fourth-order valence-corrected chi connectivity index (χ4v) is 0.422. The molecule has 1 aromatic rings. The van der Waals surface area contributed by atoms with E-state index in [1.807, 2.05) is 0 Å². The van der Waals surface area contributed by atoms with E-state index in [1.54, 1.807) is 0 Å². The van der Waals surface area contributed by atoms with Crippen LogP contribution < -0.4 is 10.5 Å². The Hall–Kier alpha value is -1.29.